The third-order valence-corrected chi connectivity index (χ3v) is 6.14. The largest absolute Gasteiger partial charge is 0.490 e. The van der Waals surface area contributed by atoms with E-state index in [0.717, 1.165) is 44.5 Å². The van der Waals surface area contributed by atoms with Gasteiger partial charge in [-0.05, 0) is 30.9 Å². The minimum atomic E-state index is -5.08. The standard InChI is InChI=1S/C20H24N2O2.C2HF3O2/c1-21-19(23)18(17-5-3-2-4-6-17)13-20(21)8-10-22(11-9-20)14-16-7-12-24-15-16;3-2(4,5)1(6)7/h2-7,12,15,18H,8-11,13-14H2,1H3;(H,6,7). The van der Waals surface area contributed by atoms with Crippen molar-refractivity contribution in [1.82, 2.24) is 9.80 Å². The summed E-state index contributed by atoms with van der Waals surface area (Å²) in [7, 11) is 2.00. The zero-order valence-corrected chi connectivity index (χ0v) is 17.1. The van der Waals surface area contributed by atoms with E-state index in [1.807, 2.05) is 42.5 Å². The maximum absolute atomic E-state index is 12.8. The number of carboxylic acids is 1. The van der Waals surface area contributed by atoms with Gasteiger partial charge in [0.1, 0.15) is 0 Å². The van der Waals surface area contributed by atoms with Crippen LogP contribution in [-0.2, 0) is 16.1 Å². The van der Waals surface area contributed by atoms with Crippen molar-refractivity contribution in [2.75, 3.05) is 20.1 Å². The van der Waals surface area contributed by atoms with Gasteiger partial charge in [0.2, 0.25) is 5.91 Å². The SMILES string of the molecule is CN1C(=O)C(c2ccccc2)CC12CCN(Cc1ccoc1)CC2.O=C(O)C(F)(F)F. The molecule has 1 spiro atoms. The Bertz CT molecular complexity index is 876. The summed E-state index contributed by atoms with van der Waals surface area (Å²) in [5.74, 6) is -2.45. The summed E-state index contributed by atoms with van der Waals surface area (Å²) in [6, 6.07) is 12.3. The van der Waals surface area contributed by atoms with Gasteiger partial charge in [0.05, 0.1) is 18.4 Å². The second-order valence-corrected chi connectivity index (χ2v) is 8.00. The van der Waals surface area contributed by atoms with E-state index in [2.05, 4.69) is 17.0 Å². The number of carbonyl (C=O) groups is 2. The van der Waals surface area contributed by atoms with Gasteiger partial charge in [-0.3, -0.25) is 9.69 Å². The molecule has 0 aliphatic carbocycles. The van der Waals surface area contributed by atoms with E-state index < -0.39 is 12.1 Å². The second kappa shape index (κ2) is 9.13. The average Bonchev–Trinajstić information content (AvgIpc) is 3.33. The molecule has 2 aliphatic rings. The van der Waals surface area contributed by atoms with Crippen LogP contribution in [0, 0.1) is 0 Å². The number of carboxylic acid groups (broad SMARTS) is 1. The molecule has 1 aromatic heterocycles. The van der Waals surface area contributed by atoms with Gasteiger partial charge >= 0.3 is 12.1 Å². The van der Waals surface area contributed by atoms with Crippen molar-refractivity contribution in [3.63, 3.8) is 0 Å². The zero-order chi connectivity index (χ0) is 22.6. The Hall–Kier alpha value is -2.81. The molecule has 1 amide bonds. The number of hydrogen-bond acceptors (Lipinski definition) is 4. The minimum absolute atomic E-state index is 0.0247. The Balaban J connectivity index is 0.000000339. The van der Waals surface area contributed by atoms with Crippen LogP contribution in [0.1, 0.15) is 36.3 Å². The summed E-state index contributed by atoms with van der Waals surface area (Å²) in [5.41, 5.74) is 2.42. The summed E-state index contributed by atoms with van der Waals surface area (Å²) in [6.07, 6.45) is 1.52. The summed E-state index contributed by atoms with van der Waals surface area (Å²) in [6.45, 7) is 3.00. The quantitative estimate of drug-likeness (QED) is 0.787. The summed E-state index contributed by atoms with van der Waals surface area (Å²) < 4.78 is 36.9. The Labute approximate surface area is 178 Å². The fourth-order valence-electron chi connectivity index (χ4n) is 4.33. The topological polar surface area (TPSA) is 74.0 Å². The molecule has 6 nitrogen and oxygen atoms in total. The molecule has 4 rings (SSSR count). The second-order valence-electron chi connectivity index (χ2n) is 8.00. The Morgan fingerprint density at radius 3 is 2.32 bits per heavy atom. The van der Waals surface area contributed by atoms with Crippen molar-refractivity contribution in [2.24, 2.45) is 0 Å². The van der Waals surface area contributed by atoms with Crippen molar-refractivity contribution in [3.05, 3.63) is 60.1 Å². The molecule has 1 atom stereocenters. The van der Waals surface area contributed by atoms with E-state index in [1.165, 1.54) is 5.56 Å². The number of nitrogens with zero attached hydrogens (tertiary/aromatic N) is 2. The normalized spacial score (nSPS) is 21.1. The molecule has 0 bridgehead atoms. The number of benzene rings is 1. The van der Waals surface area contributed by atoms with Crippen LogP contribution in [0.3, 0.4) is 0 Å². The first-order valence-corrected chi connectivity index (χ1v) is 9.98. The molecule has 168 valence electrons. The molecule has 2 aromatic rings. The predicted molar refractivity (Wildman–Crippen MR) is 106 cm³/mol. The van der Waals surface area contributed by atoms with Crippen LogP contribution >= 0.6 is 0 Å². The number of hydrogen-bond donors (Lipinski definition) is 1. The van der Waals surface area contributed by atoms with Crippen LogP contribution in [0.15, 0.2) is 53.3 Å². The maximum atomic E-state index is 12.8. The highest BCUT2D eigenvalue weighted by molar-refractivity contribution is 5.87. The maximum Gasteiger partial charge on any atom is 0.490 e. The number of furan rings is 1. The van der Waals surface area contributed by atoms with Crippen LogP contribution in [0.5, 0.6) is 0 Å². The summed E-state index contributed by atoms with van der Waals surface area (Å²) in [5, 5.41) is 7.12. The molecular weight excluding hydrogens is 413 g/mol. The third-order valence-electron chi connectivity index (χ3n) is 6.14. The number of alkyl halides is 3. The molecule has 0 radical (unpaired) electrons. The number of amides is 1. The zero-order valence-electron chi connectivity index (χ0n) is 17.1. The van der Waals surface area contributed by atoms with Gasteiger partial charge in [-0.15, -0.1) is 0 Å². The van der Waals surface area contributed by atoms with Crippen molar-refractivity contribution in [3.8, 4) is 0 Å². The molecule has 1 N–H and O–H groups in total. The average molecular weight is 438 g/mol. The Morgan fingerprint density at radius 1 is 1.19 bits per heavy atom. The first-order valence-electron chi connectivity index (χ1n) is 9.98. The number of carbonyl (C=O) groups excluding carboxylic acids is 1. The minimum Gasteiger partial charge on any atom is -0.475 e. The smallest absolute Gasteiger partial charge is 0.475 e. The number of aliphatic carboxylic acids is 1. The van der Waals surface area contributed by atoms with Gasteiger partial charge < -0.3 is 14.4 Å². The third kappa shape index (κ3) is 5.28. The van der Waals surface area contributed by atoms with Crippen LogP contribution in [-0.4, -0.2) is 58.6 Å². The van der Waals surface area contributed by atoms with Crippen LogP contribution in [0.25, 0.3) is 0 Å². The molecule has 31 heavy (non-hydrogen) atoms. The molecule has 0 saturated carbocycles. The Morgan fingerprint density at radius 2 is 1.81 bits per heavy atom. The van der Waals surface area contributed by atoms with Crippen LogP contribution in [0.2, 0.25) is 0 Å². The first-order chi connectivity index (χ1) is 14.6. The van der Waals surface area contributed by atoms with Crippen LogP contribution in [0.4, 0.5) is 13.2 Å². The van der Waals surface area contributed by atoms with Gasteiger partial charge in [0.15, 0.2) is 0 Å². The van der Waals surface area contributed by atoms with E-state index in [-0.39, 0.29) is 17.4 Å². The van der Waals surface area contributed by atoms with Gasteiger partial charge in [0.25, 0.3) is 0 Å². The van der Waals surface area contributed by atoms with Gasteiger partial charge in [-0.1, -0.05) is 30.3 Å². The number of rotatable bonds is 3. The molecule has 2 aliphatic heterocycles. The van der Waals surface area contributed by atoms with Crippen molar-refractivity contribution < 1.29 is 32.3 Å². The molecule has 2 fully saturated rings. The fraction of sp³-hybridized carbons (Fsp3) is 0.455. The van der Waals surface area contributed by atoms with E-state index in [0.29, 0.717) is 0 Å². The number of likely N-dealkylation sites (tertiary alicyclic amines) is 2. The lowest BCUT2D eigenvalue weighted by Gasteiger charge is -2.43. The summed E-state index contributed by atoms with van der Waals surface area (Å²) >= 11 is 0. The van der Waals surface area contributed by atoms with Crippen molar-refractivity contribution >= 4 is 11.9 Å². The molecule has 1 aromatic carbocycles. The number of likely N-dealkylation sites (N-methyl/N-ethyl adjacent to an activating group) is 1. The highest BCUT2D eigenvalue weighted by atomic mass is 19.4. The van der Waals surface area contributed by atoms with E-state index >= 15 is 0 Å². The molecule has 2 saturated heterocycles. The van der Waals surface area contributed by atoms with Crippen molar-refractivity contribution in [2.45, 2.75) is 43.4 Å². The van der Waals surface area contributed by atoms with E-state index in [4.69, 9.17) is 14.3 Å². The molecular formula is C22H25F3N2O4. The van der Waals surface area contributed by atoms with Gasteiger partial charge in [-0.2, -0.15) is 13.2 Å². The van der Waals surface area contributed by atoms with Gasteiger partial charge in [-0.25, -0.2) is 4.79 Å². The predicted octanol–water partition coefficient (Wildman–Crippen LogP) is 3.89. The highest BCUT2D eigenvalue weighted by Crippen LogP contribution is 2.44. The first kappa shape index (κ1) is 22.9. The fourth-order valence-corrected chi connectivity index (χ4v) is 4.33. The lowest BCUT2D eigenvalue weighted by Crippen LogP contribution is -2.51. The highest BCUT2D eigenvalue weighted by Gasteiger charge is 2.50. The van der Waals surface area contributed by atoms with Gasteiger partial charge in [0, 0.05) is 37.8 Å². The van der Waals surface area contributed by atoms with E-state index in [9.17, 15) is 18.0 Å². The Kier molecular flexibility index (Phi) is 6.74. The number of piperidine rings is 1. The van der Waals surface area contributed by atoms with E-state index in [1.54, 1.807) is 6.26 Å². The molecule has 3 heterocycles. The summed E-state index contributed by atoms with van der Waals surface area (Å²) in [4.78, 5) is 26.2. The van der Waals surface area contributed by atoms with Crippen molar-refractivity contribution in [1.29, 1.82) is 0 Å². The number of halogens is 3. The molecule has 9 heteroatoms. The lowest BCUT2D eigenvalue weighted by molar-refractivity contribution is -0.192. The molecule has 1 unspecified atom stereocenters. The lowest BCUT2D eigenvalue weighted by atomic mass is 9.81. The monoisotopic (exact) mass is 438 g/mol. The van der Waals surface area contributed by atoms with Crippen LogP contribution < -0.4 is 0 Å².